The normalized spacial score (nSPS) is 21.1. The van der Waals surface area contributed by atoms with Crippen molar-refractivity contribution in [2.45, 2.75) is 57.5 Å². The maximum absolute atomic E-state index is 5.88. The van der Waals surface area contributed by atoms with E-state index in [2.05, 4.69) is 32.4 Å². The first-order valence-corrected chi connectivity index (χ1v) is 7.89. The third kappa shape index (κ3) is 3.32. The first-order chi connectivity index (χ1) is 9.81. The van der Waals surface area contributed by atoms with Gasteiger partial charge in [-0.15, -0.1) is 0 Å². The molecule has 0 amide bonds. The van der Waals surface area contributed by atoms with Crippen LogP contribution in [-0.2, 0) is 6.54 Å². The molecule has 2 saturated carbocycles. The molecule has 0 bridgehead atoms. The number of aromatic nitrogens is 2. The predicted octanol–water partition coefficient (Wildman–Crippen LogP) is 2.20. The number of aliphatic imine (C=N–C) groups is 1. The largest absolute Gasteiger partial charge is 0.370 e. The van der Waals surface area contributed by atoms with Crippen LogP contribution in [0.1, 0.15) is 56.7 Å². The van der Waals surface area contributed by atoms with Crippen LogP contribution < -0.4 is 11.1 Å². The van der Waals surface area contributed by atoms with Crippen LogP contribution in [0.5, 0.6) is 0 Å². The molecule has 110 valence electrons. The van der Waals surface area contributed by atoms with E-state index in [1.54, 1.807) is 0 Å². The minimum atomic E-state index is 0.548. The molecular formula is C15H25N5. The molecule has 2 aliphatic rings. The minimum Gasteiger partial charge on any atom is -0.370 e. The zero-order valence-electron chi connectivity index (χ0n) is 12.1. The predicted molar refractivity (Wildman–Crippen MR) is 80.4 cm³/mol. The Morgan fingerprint density at radius 1 is 1.30 bits per heavy atom. The molecule has 5 nitrogen and oxygen atoms in total. The molecule has 0 atom stereocenters. The summed E-state index contributed by atoms with van der Waals surface area (Å²) in [7, 11) is 0. The van der Waals surface area contributed by atoms with Gasteiger partial charge in [-0.3, -0.25) is 4.68 Å². The van der Waals surface area contributed by atoms with E-state index in [4.69, 9.17) is 5.73 Å². The van der Waals surface area contributed by atoms with Crippen LogP contribution in [0.15, 0.2) is 17.3 Å². The number of nitrogens with zero attached hydrogens (tertiary/aromatic N) is 3. The van der Waals surface area contributed by atoms with Crippen LogP contribution in [0, 0.1) is 5.92 Å². The summed E-state index contributed by atoms with van der Waals surface area (Å²) in [4.78, 5) is 4.37. The van der Waals surface area contributed by atoms with E-state index in [0.29, 0.717) is 18.5 Å². The third-order valence-corrected chi connectivity index (χ3v) is 4.57. The standard InChI is InChI=1S/C15H25N5/c16-15(17-10-12-4-3-5-12)18-11-13-8-9-20(19-13)14-6-1-2-7-14/h8-9,12,14H,1-7,10-11H2,(H3,16,17,18). The van der Waals surface area contributed by atoms with Crippen LogP contribution >= 0.6 is 0 Å². The Balaban J connectivity index is 1.46. The van der Waals surface area contributed by atoms with Crippen molar-refractivity contribution in [1.82, 2.24) is 15.1 Å². The van der Waals surface area contributed by atoms with E-state index in [-0.39, 0.29) is 0 Å². The van der Waals surface area contributed by atoms with Crippen molar-refractivity contribution in [3.8, 4) is 0 Å². The molecule has 0 aliphatic heterocycles. The zero-order valence-corrected chi connectivity index (χ0v) is 12.1. The van der Waals surface area contributed by atoms with Gasteiger partial charge in [0.1, 0.15) is 0 Å². The van der Waals surface area contributed by atoms with E-state index in [1.807, 2.05) is 0 Å². The van der Waals surface area contributed by atoms with Gasteiger partial charge in [-0.25, -0.2) is 4.99 Å². The number of guanidine groups is 1. The van der Waals surface area contributed by atoms with Crippen LogP contribution in [0.4, 0.5) is 0 Å². The molecule has 0 unspecified atom stereocenters. The molecule has 3 N–H and O–H groups in total. The summed E-state index contributed by atoms with van der Waals surface area (Å²) >= 11 is 0. The second-order valence-corrected chi connectivity index (χ2v) is 6.10. The Morgan fingerprint density at radius 3 is 2.80 bits per heavy atom. The summed E-state index contributed by atoms with van der Waals surface area (Å²) in [5.41, 5.74) is 6.89. The Hall–Kier alpha value is -1.52. The summed E-state index contributed by atoms with van der Waals surface area (Å²) in [5.74, 6) is 1.35. The minimum absolute atomic E-state index is 0.548. The molecule has 1 aromatic heterocycles. The molecule has 20 heavy (non-hydrogen) atoms. The van der Waals surface area contributed by atoms with Gasteiger partial charge in [0.2, 0.25) is 0 Å². The third-order valence-electron chi connectivity index (χ3n) is 4.57. The van der Waals surface area contributed by atoms with E-state index < -0.39 is 0 Å². The highest BCUT2D eigenvalue weighted by Gasteiger charge is 2.18. The average molecular weight is 275 g/mol. The Bertz CT molecular complexity index is 455. The molecule has 5 heteroatoms. The van der Waals surface area contributed by atoms with Crippen molar-refractivity contribution in [2.75, 3.05) is 6.54 Å². The van der Waals surface area contributed by atoms with Crippen molar-refractivity contribution in [3.05, 3.63) is 18.0 Å². The van der Waals surface area contributed by atoms with Crippen LogP contribution in [0.2, 0.25) is 0 Å². The topological polar surface area (TPSA) is 68.2 Å². The summed E-state index contributed by atoms with van der Waals surface area (Å²) < 4.78 is 2.11. The molecule has 2 fully saturated rings. The van der Waals surface area contributed by atoms with Crippen molar-refractivity contribution in [3.63, 3.8) is 0 Å². The molecule has 0 aromatic carbocycles. The number of nitrogens with two attached hydrogens (primary N) is 1. The van der Waals surface area contributed by atoms with E-state index in [9.17, 15) is 0 Å². The first-order valence-electron chi connectivity index (χ1n) is 7.89. The molecule has 3 rings (SSSR count). The second kappa shape index (κ2) is 6.29. The SMILES string of the molecule is NC(=NCc1ccn(C2CCCC2)n1)NCC1CCC1. The maximum Gasteiger partial charge on any atom is 0.188 e. The van der Waals surface area contributed by atoms with Crippen LogP contribution in [0.25, 0.3) is 0 Å². The van der Waals surface area contributed by atoms with Gasteiger partial charge >= 0.3 is 0 Å². The Labute approximate surface area is 120 Å². The van der Waals surface area contributed by atoms with Gasteiger partial charge < -0.3 is 11.1 Å². The van der Waals surface area contributed by atoms with Gasteiger partial charge in [0.05, 0.1) is 18.3 Å². The number of hydrogen-bond acceptors (Lipinski definition) is 2. The van der Waals surface area contributed by atoms with E-state index >= 15 is 0 Å². The summed E-state index contributed by atoms with van der Waals surface area (Å²) in [6.45, 7) is 1.54. The molecule has 0 radical (unpaired) electrons. The van der Waals surface area contributed by atoms with Gasteiger partial charge in [-0.05, 0) is 37.7 Å². The fraction of sp³-hybridized carbons (Fsp3) is 0.733. The van der Waals surface area contributed by atoms with Crippen molar-refractivity contribution < 1.29 is 0 Å². The van der Waals surface area contributed by atoms with Gasteiger partial charge in [0.15, 0.2) is 5.96 Å². The molecule has 2 aliphatic carbocycles. The maximum atomic E-state index is 5.88. The molecule has 1 aromatic rings. The lowest BCUT2D eigenvalue weighted by Gasteiger charge is -2.25. The summed E-state index contributed by atoms with van der Waals surface area (Å²) in [6.07, 6.45) is 11.3. The van der Waals surface area contributed by atoms with Crippen LogP contribution in [0.3, 0.4) is 0 Å². The number of hydrogen-bond donors (Lipinski definition) is 2. The highest BCUT2D eigenvalue weighted by Crippen LogP contribution is 2.28. The quantitative estimate of drug-likeness (QED) is 0.639. The highest BCUT2D eigenvalue weighted by atomic mass is 15.3. The summed E-state index contributed by atoms with van der Waals surface area (Å²) in [6, 6.07) is 2.66. The van der Waals surface area contributed by atoms with Crippen molar-refractivity contribution in [1.29, 1.82) is 0 Å². The van der Waals surface area contributed by atoms with Crippen molar-refractivity contribution in [2.24, 2.45) is 16.6 Å². The van der Waals surface area contributed by atoms with Gasteiger partial charge in [-0.2, -0.15) is 5.10 Å². The fourth-order valence-electron chi connectivity index (χ4n) is 3.00. The highest BCUT2D eigenvalue weighted by molar-refractivity contribution is 5.77. The second-order valence-electron chi connectivity index (χ2n) is 6.10. The molecule has 0 saturated heterocycles. The summed E-state index contributed by atoms with van der Waals surface area (Å²) in [5, 5.41) is 7.82. The van der Waals surface area contributed by atoms with E-state index in [0.717, 1.165) is 18.2 Å². The Morgan fingerprint density at radius 2 is 2.10 bits per heavy atom. The average Bonchev–Trinajstić information content (AvgIpc) is 3.05. The van der Waals surface area contributed by atoms with Gasteiger partial charge in [0.25, 0.3) is 0 Å². The van der Waals surface area contributed by atoms with Crippen molar-refractivity contribution >= 4 is 5.96 Å². The molecule has 1 heterocycles. The lowest BCUT2D eigenvalue weighted by atomic mass is 9.85. The number of nitrogens with one attached hydrogen (secondary N) is 1. The fourth-order valence-corrected chi connectivity index (χ4v) is 3.00. The molecular weight excluding hydrogens is 250 g/mol. The molecule has 0 spiro atoms. The monoisotopic (exact) mass is 275 g/mol. The van der Waals surface area contributed by atoms with Gasteiger partial charge in [0, 0.05) is 12.7 Å². The Kier molecular flexibility index (Phi) is 4.23. The lowest BCUT2D eigenvalue weighted by Crippen LogP contribution is -2.37. The number of rotatable bonds is 5. The van der Waals surface area contributed by atoms with Crippen LogP contribution in [-0.4, -0.2) is 22.3 Å². The smallest absolute Gasteiger partial charge is 0.188 e. The van der Waals surface area contributed by atoms with E-state index in [1.165, 1.54) is 44.9 Å². The van der Waals surface area contributed by atoms with Gasteiger partial charge in [-0.1, -0.05) is 19.3 Å². The first kappa shape index (κ1) is 13.5. The zero-order chi connectivity index (χ0) is 13.8. The lowest BCUT2D eigenvalue weighted by molar-refractivity contribution is 0.315.